The average Bonchev–Trinajstić information content (AvgIpc) is 2.51. The fraction of sp³-hybridized carbons (Fsp3) is 0.412. The van der Waals surface area contributed by atoms with Gasteiger partial charge in [-0.3, -0.25) is 14.4 Å². The number of benzene rings is 1. The zero-order chi connectivity index (χ0) is 19.0. The molecule has 0 radical (unpaired) electrons. The Morgan fingerprint density at radius 3 is 2.12 bits per heavy atom. The van der Waals surface area contributed by atoms with Crippen molar-refractivity contribution in [3.05, 3.63) is 35.6 Å². The van der Waals surface area contributed by atoms with E-state index in [1.54, 1.807) is 0 Å². The fourth-order valence-corrected chi connectivity index (χ4v) is 2.22. The summed E-state index contributed by atoms with van der Waals surface area (Å²) in [7, 11) is 0. The maximum Gasteiger partial charge on any atom is 0.243 e. The van der Waals surface area contributed by atoms with Crippen LogP contribution in [0, 0.1) is 5.82 Å². The van der Waals surface area contributed by atoms with Crippen LogP contribution >= 0.6 is 0 Å². The van der Waals surface area contributed by atoms with Crippen LogP contribution in [-0.4, -0.2) is 35.6 Å². The predicted molar refractivity (Wildman–Crippen MR) is 88.7 cm³/mol. The van der Waals surface area contributed by atoms with E-state index in [4.69, 9.17) is 5.73 Å². The molecule has 25 heavy (non-hydrogen) atoms. The second kappa shape index (κ2) is 9.51. The van der Waals surface area contributed by atoms with Gasteiger partial charge in [0, 0.05) is 19.8 Å². The lowest BCUT2D eigenvalue weighted by molar-refractivity contribution is -0.131. The zero-order valence-corrected chi connectivity index (χ0v) is 14.2. The number of hydrogen-bond donors (Lipinski definition) is 3. The van der Waals surface area contributed by atoms with E-state index in [1.807, 2.05) is 0 Å². The number of nitrogens with two attached hydrogens (primary N) is 1. The van der Waals surface area contributed by atoms with Gasteiger partial charge < -0.3 is 21.2 Å². The summed E-state index contributed by atoms with van der Waals surface area (Å²) < 4.78 is 13.0. The maximum absolute atomic E-state index is 13.0. The zero-order valence-electron chi connectivity index (χ0n) is 14.2. The van der Waals surface area contributed by atoms with Gasteiger partial charge in [-0.05, 0) is 31.0 Å². The monoisotopic (exact) mass is 351 g/mol. The molecule has 0 aromatic heterocycles. The number of nitrogens with one attached hydrogen (secondary N) is 2. The van der Waals surface area contributed by atoms with Crippen LogP contribution in [0.5, 0.6) is 0 Å². The molecule has 0 saturated heterocycles. The highest BCUT2D eigenvalue weighted by atomic mass is 19.1. The van der Waals surface area contributed by atoms with Crippen LogP contribution in [0.1, 0.15) is 32.3 Å². The van der Waals surface area contributed by atoms with Gasteiger partial charge in [0.2, 0.25) is 17.7 Å². The molecular formula is C17H22FN3O4. The topological polar surface area (TPSA) is 118 Å². The number of halogens is 1. The van der Waals surface area contributed by atoms with Crippen molar-refractivity contribution >= 4 is 23.5 Å². The third-order valence-electron chi connectivity index (χ3n) is 3.49. The summed E-state index contributed by atoms with van der Waals surface area (Å²) >= 11 is 0. The van der Waals surface area contributed by atoms with Crippen molar-refractivity contribution in [2.75, 3.05) is 0 Å². The molecule has 1 aromatic carbocycles. The van der Waals surface area contributed by atoms with Gasteiger partial charge in [0.1, 0.15) is 23.7 Å². The molecule has 0 bridgehead atoms. The molecule has 4 N–H and O–H groups in total. The highest BCUT2D eigenvalue weighted by Gasteiger charge is 2.25. The first-order valence-corrected chi connectivity index (χ1v) is 7.79. The van der Waals surface area contributed by atoms with Gasteiger partial charge >= 0.3 is 0 Å². The third kappa shape index (κ3) is 7.56. The Morgan fingerprint density at radius 1 is 1.04 bits per heavy atom. The summed E-state index contributed by atoms with van der Waals surface area (Å²) in [5, 5.41) is 4.94. The summed E-state index contributed by atoms with van der Waals surface area (Å²) in [6, 6.07) is 3.52. The molecule has 7 nitrogen and oxygen atoms in total. The van der Waals surface area contributed by atoms with E-state index in [2.05, 4.69) is 10.6 Å². The Balaban J connectivity index is 2.83. The number of Topliss-reactive ketones (excluding diaryl/α,β-unsaturated/α-hetero) is 1. The number of carbonyl (C=O) groups excluding carboxylic acids is 4. The molecule has 0 aliphatic heterocycles. The molecular weight excluding hydrogens is 329 g/mol. The molecule has 0 spiro atoms. The molecule has 2 atom stereocenters. The van der Waals surface area contributed by atoms with Crippen LogP contribution in [0.25, 0.3) is 0 Å². The standard InChI is InChI=1S/C17H22FN3O4/c1-10(22)3-8-14(16(19)24)21-17(25)15(20-11(2)23)9-12-4-6-13(18)7-5-12/h4-7,14-15H,3,8-9H2,1-2H3,(H2,19,24)(H,20,23)(H,21,25)/t14-,15+/m0/s1. The molecule has 136 valence electrons. The average molecular weight is 351 g/mol. The van der Waals surface area contributed by atoms with Crippen molar-refractivity contribution in [3.63, 3.8) is 0 Å². The Hall–Kier alpha value is -2.77. The Morgan fingerprint density at radius 2 is 1.64 bits per heavy atom. The first-order chi connectivity index (χ1) is 11.7. The molecule has 1 aromatic rings. The number of rotatable bonds is 9. The number of amides is 3. The number of primary amides is 1. The lowest BCUT2D eigenvalue weighted by Gasteiger charge is -2.21. The molecule has 0 unspecified atom stereocenters. The highest BCUT2D eigenvalue weighted by molar-refractivity contribution is 5.91. The molecule has 0 fully saturated rings. The van der Waals surface area contributed by atoms with Crippen LogP contribution in [0.4, 0.5) is 4.39 Å². The van der Waals surface area contributed by atoms with Crippen molar-refractivity contribution in [1.82, 2.24) is 10.6 Å². The minimum absolute atomic E-state index is 0.0831. The molecule has 1 rings (SSSR count). The molecule has 3 amide bonds. The van der Waals surface area contributed by atoms with Gasteiger partial charge in [0.05, 0.1) is 0 Å². The van der Waals surface area contributed by atoms with Crippen LogP contribution in [-0.2, 0) is 25.6 Å². The Labute approximate surface area is 145 Å². The number of hydrogen-bond acceptors (Lipinski definition) is 4. The van der Waals surface area contributed by atoms with E-state index in [0.717, 1.165) is 0 Å². The van der Waals surface area contributed by atoms with E-state index in [0.29, 0.717) is 5.56 Å². The van der Waals surface area contributed by atoms with E-state index >= 15 is 0 Å². The SMILES string of the molecule is CC(=O)CC[C@H](NC(=O)[C@@H](Cc1ccc(F)cc1)NC(C)=O)C(N)=O. The summed E-state index contributed by atoms with van der Waals surface area (Å²) in [6.07, 6.45) is 0.292. The van der Waals surface area contributed by atoms with Crippen LogP contribution in [0.2, 0.25) is 0 Å². The first-order valence-electron chi connectivity index (χ1n) is 7.79. The summed E-state index contributed by atoms with van der Waals surface area (Å²) in [5.41, 5.74) is 5.88. The number of ketones is 1. The molecule has 8 heteroatoms. The molecule has 0 heterocycles. The first kappa shape index (κ1) is 20.3. The van der Waals surface area contributed by atoms with Gasteiger partial charge in [0.25, 0.3) is 0 Å². The quantitative estimate of drug-likeness (QED) is 0.589. The van der Waals surface area contributed by atoms with E-state index in [9.17, 15) is 23.6 Å². The van der Waals surface area contributed by atoms with Crippen LogP contribution in [0.15, 0.2) is 24.3 Å². The lowest BCUT2D eigenvalue weighted by atomic mass is 10.0. The third-order valence-corrected chi connectivity index (χ3v) is 3.49. The summed E-state index contributed by atoms with van der Waals surface area (Å²) in [4.78, 5) is 46.3. The molecule has 0 aliphatic rings. The van der Waals surface area contributed by atoms with Gasteiger partial charge in [0.15, 0.2) is 0 Å². The maximum atomic E-state index is 13.0. The van der Waals surface area contributed by atoms with Crippen molar-refractivity contribution in [3.8, 4) is 0 Å². The largest absolute Gasteiger partial charge is 0.368 e. The van der Waals surface area contributed by atoms with E-state index < -0.39 is 35.6 Å². The predicted octanol–water partition coefficient (Wildman–Crippen LogP) is 0.212. The number of carbonyl (C=O) groups is 4. The van der Waals surface area contributed by atoms with Crippen molar-refractivity contribution in [1.29, 1.82) is 0 Å². The normalized spacial score (nSPS) is 12.8. The minimum atomic E-state index is -1.01. The van der Waals surface area contributed by atoms with Crippen molar-refractivity contribution < 1.29 is 23.6 Å². The Bertz CT molecular complexity index is 646. The smallest absolute Gasteiger partial charge is 0.243 e. The van der Waals surface area contributed by atoms with Crippen molar-refractivity contribution in [2.45, 2.75) is 45.2 Å². The van der Waals surface area contributed by atoms with E-state index in [-0.39, 0.29) is 25.0 Å². The highest BCUT2D eigenvalue weighted by Crippen LogP contribution is 2.07. The van der Waals surface area contributed by atoms with Crippen LogP contribution < -0.4 is 16.4 Å². The van der Waals surface area contributed by atoms with Gasteiger partial charge in [-0.15, -0.1) is 0 Å². The molecule has 0 saturated carbocycles. The van der Waals surface area contributed by atoms with Gasteiger partial charge in [-0.25, -0.2) is 4.39 Å². The summed E-state index contributed by atoms with van der Waals surface area (Å²) in [5.74, 6) is -2.35. The summed E-state index contributed by atoms with van der Waals surface area (Å²) in [6.45, 7) is 2.63. The lowest BCUT2D eigenvalue weighted by Crippen LogP contribution is -2.53. The van der Waals surface area contributed by atoms with Crippen LogP contribution in [0.3, 0.4) is 0 Å². The van der Waals surface area contributed by atoms with E-state index in [1.165, 1.54) is 38.1 Å². The Kier molecular flexibility index (Phi) is 7.71. The van der Waals surface area contributed by atoms with Crippen molar-refractivity contribution in [2.24, 2.45) is 5.73 Å². The van der Waals surface area contributed by atoms with Gasteiger partial charge in [-0.1, -0.05) is 12.1 Å². The second-order valence-corrected chi connectivity index (χ2v) is 5.79. The minimum Gasteiger partial charge on any atom is -0.368 e. The van der Waals surface area contributed by atoms with Gasteiger partial charge in [-0.2, -0.15) is 0 Å². The second-order valence-electron chi connectivity index (χ2n) is 5.79. The molecule has 0 aliphatic carbocycles. The fourth-order valence-electron chi connectivity index (χ4n) is 2.22.